The Kier molecular flexibility index (Phi) is 5.57. The number of anilines is 2. The number of nitrogens with zero attached hydrogens (tertiary/aromatic N) is 1. The number of aryl methyl sites for hydroxylation is 1. The Bertz CT molecular complexity index is 987. The first-order chi connectivity index (χ1) is 13.0. The van der Waals surface area contributed by atoms with Gasteiger partial charge in [-0.15, -0.1) is 0 Å². The van der Waals surface area contributed by atoms with Crippen LogP contribution in [0.3, 0.4) is 0 Å². The van der Waals surface area contributed by atoms with Crippen LogP contribution in [0.25, 0.3) is 0 Å². The SMILES string of the molecule is Cc1ccc(NC(=O)c2cccc(C(=O)N(C)c3ccccc3)c2)cc1Cl. The van der Waals surface area contributed by atoms with E-state index in [1.807, 2.05) is 43.3 Å². The van der Waals surface area contributed by atoms with Gasteiger partial charge < -0.3 is 10.2 Å². The largest absolute Gasteiger partial charge is 0.322 e. The van der Waals surface area contributed by atoms with Crippen LogP contribution in [-0.4, -0.2) is 18.9 Å². The zero-order valence-corrected chi connectivity index (χ0v) is 15.8. The minimum absolute atomic E-state index is 0.186. The van der Waals surface area contributed by atoms with Crippen molar-refractivity contribution in [3.8, 4) is 0 Å². The van der Waals surface area contributed by atoms with Gasteiger partial charge in [-0.2, -0.15) is 0 Å². The van der Waals surface area contributed by atoms with Crippen molar-refractivity contribution in [1.82, 2.24) is 0 Å². The minimum atomic E-state index is -0.299. The first-order valence-corrected chi connectivity index (χ1v) is 8.84. The molecule has 0 heterocycles. The molecule has 3 rings (SSSR count). The van der Waals surface area contributed by atoms with Crippen molar-refractivity contribution < 1.29 is 9.59 Å². The number of rotatable bonds is 4. The summed E-state index contributed by atoms with van der Waals surface area (Å²) in [6.07, 6.45) is 0. The molecule has 136 valence electrons. The Labute approximate surface area is 163 Å². The second-order valence-corrected chi connectivity index (χ2v) is 6.61. The summed E-state index contributed by atoms with van der Waals surface area (Å²) in [5, 5.41) is 3.39. The molecular weight excluding hydrogens is 360 g/mol. The van der Waals surface area contributed by atoms with Gasteiger partial charge in [0.05, 0.1) is 0 Å². The van der Waals surface area contributed by atoms with Crippen LogP contribution in [0.2, 0.25) is 5.02 Å². The van der Waals surface area contributed by atoms with Crippen molar-refractivity contribution in [2.75, 3.05) is 17.3 Å². The van der Waals surface area contributed by atoms with E-state index in [4.69, 9.17) is 11.6 Å². The number of para-hydroxylation sites is 1. The predicted molar refractivity (Wildman–Crippen MR) is 110 cm³/mol. The van der Waals surface area contributed by atoms with E-state index in [0.29, 0.717) is 21.8 Å². The standard InChI is InChI=1S/C22H19ClN2O2/c1-15-11-12-18(14-20(15)23)24-21(26)16-7-6-8-17(13-16)22(27)25(2)19-9-4-3-5-10-19/h3-14H,1-2H3,(H,24,26). The second kappa shape index (κ2) is 8.06. The van der Waals surface area contributed by atoms with Gasteiger partial charge in [0, 0.05) is 34.6 Å². The molecule has 0 aliphatic heterocycles. The molecule has 1 N–H and O–H groups in total. The molecule has 2 amide bonds. The molecule has 27 heavy (non-hydrogen) atoms. The number of hydrogen-bond donors (Lipinski definition) is 1. The Hall–Kier alpha value is -3.11. The molecule has 0 atom stereocenters. The fourth-order valence-corrected chi connectivity index (χ4v) is 2.81. The number of hydrogen-bond acceptors (Lipinski definition) is 2. The molecule has 4 nitrogen and oxygen atoms in total. The normalized spacial score (nSPS) is 10.3. The Balaban J connectivity index is 1.79. The molecule has 3 aromatic carbocycles. The Morgan fingerprint density at radius 2 is 1.59 bits per heavy atom. The summed E-state index contributed by atoms with van der Waals surface area (Å²) in [6.45, 7) is 1.90. The summed E-state index contributed by atoms with van der Waals surface area (Å²) >= 11 is 6.10. The lowest BCUT2D eigenvalue weighted by molar-refractivity contribution is 0.0993. The number of nitrogens with one attached hydrogen (secondary N) is 1. The third-order valence-corrected chi connectivity index (χ3v) is 4.66. The molecule has 3 aromatic rings. The maximum atomic E-state index is 12.7. The highest BCUT2D eigenvalue weighted by Gasteiger charge is 2.15. The predicted octanol–water partition coefficient (Wildman–Crippen LogP) is 5.18. The Morgan fingerprint density at radius 3 is 2.30 bits per heavy atom. The zero-order chi connectivity index (χ0) is 19.4. The van der Waals surface area contributed by atoms with Crippen molar-refractivity contribution in [1.29, 1.82) is 0 Å². The van der Waals surface area contributed by atoms with E-state index in [9.17, 15) is 9.59 Å². The molecule has 0 fully saturated rings. The molecule has 5 heteroatoms. The third-order valence-electron chi connectivity index (χ3n) is 4.25. The molecular formula is C22H19ClN2O2. The fraction of sp³-hybridized carbons (Fsp3) is 0.0909. The van der Waals surface area contributed by atoms with Gasteiger partial charge in [0.25, 0.3) is 11.8 Å². The van der Waals surface area contributed by atoms with E-state index in [1.54, 1.807) is 48.3 Å². The summed E-state index contributed by atoms with van der Waals surface area (Å²) in [4.78, 5) is 26.8. The molecule has 0 spiro atoms. The summed E-state index contributed by atoms with van der Waals surface area (Å²) in [7, 11) is 1.71. The third kappa shape index (κ3) is 4.36. The molecule has 0 unspecified atom stereocenters. The van der Waals surface area contributed by atoms with Crippen molar-refractivity contribution in [2.45, 2.75) is 6.92 Å². The van der Waals surface area contributed by atoms with Crippen molar-refractivity contribution in [3.63, 3.8) is 0 Å². The molecule has 0 saturated heterocycles. The maximum absolute atomic E-state index is 12.7. The van der Waals surface area contributed by atoms with Gasteiger partial charge in [-0.3, -0.25) is 9.59 Å². The highest BCUT2D eigenvalue weighted by atomic mass is 35.5. The van der Waals surface area contributed by atoms with Crippen LogP contribution in [0.5, 0.6) is 0 Å². The molecule has 0 aliphatic carbocycles. The van der Waals surface area contributed by atoms with Gasteiger partial charge in [-0.05, 0) is 55.0 Å². The first-order valence-electron chi connectivity index (χ1n) is 8.46. The van der Waals surface area contributed by atoms with Crippen LogP contribution in [0.4, 0.5) is 11.4 Å². The number of carbonyl (C=O) groups is 2. The lowest BCUT2D eigenvalue weighted by Gasteiger charge is -2.17. The average molecular weight is 379 g/mol. The van der Waals surface area contributed by atoms with Crippen LogP contribution in [0, 0.1) is 6.92 Å². The van der Waals surface area contributed by atoms with Gasteiger partial charge in [-0.25, -0.2) is 0 Å². The maximum Gasteiger partial charge on any atom is 0.258 e. The number of halogens is 1. The molecule has 0 saturated carbocycles. The van der Waals surface area contributed by atoms with E-state index in [0.717, 1.165) is 11.3 Å². The zero-order valence-electron chi connectivity index (χ0n) is 15.1. The van der Waals surface area contributed by atoms with Gasteiger partial charge in [0.1, 0.15) is 0 Å². The monoisotopic (exact) mass is 378 g/mol. The Morgan fingerprint density at radius 1 is 0.889 bits per heavy atom. The van der Waals surface area contributed by atoms with Crippen molar-refractivity contribution in [3.05, 3.63) is 94.5 Å². The number of amides is 2. The van der Waals surface area contributed by atoms with Crippen molar-refractivity contribution in [2.24, 2.45) is 0 Å². The van der Waals surface area contributed by atoms with Crippen LogP contribution < -0.4 is 10.2 Å². The fourth-order valence-electron chi connectivity index (χ4n) is 2.63. The van der Waals surface area contributed by atoms with Gasteiger partial charge >= 0.3 is 0 Å². The molecule has 0 aliphatic rings. The minimum Gasteiger partial charge on any atom is -0.322 e. The highest BCUT2D eigenvalue weighted by Crippen LogP contribution is 2.21. The summed E-state index contributed by atoms with van der Waals surface area (Å²) < 4.78 is 0. The van der Waals surface area contributed by atoms with Gasteiger partial charge in [0.2, 0.25) is 0 Å². The van der Waals surface area contributed by atoms with Gasteiger partial charge in [0.15, 0.2) is 0 Å². The highest BCUT2D eigenvalue weighted by molar-refractivity contribution is 6.31. The van der Waals surface area contributed by atoms with E-state index in [1.165, 1.54) is 0 Å². The summed E-state index contributed by atoms with van der Waals surface area (Å²) in [6, 6.07) is 21.3. The molecule has 0 radical (unpaired) electrons. The van der Waals surface area contributed by atoms with Crippen LogP contribution >= 0.6 is 11.6 Å². The van der Waals surface area contributed by atoms with E-state index in [-0.39, 0.29) is 11.8 Å². The van der Waals surface area contributed by atoms with Gasteiger partial charge in [-0.1, -0.05) is 41.9 Å². The average Bonchev–Trinajstić information content (AvgIpc) is 2.70. The van der Waals surface area contributed by atoms with Crippen molar-refractivity contribution >= 4 is 34.8 Å². The topological polar surface area (TPSA) is 49.4 Å². The van der Waals surface area contributed by atoms with E-state index in [2.05, 4.69) is 5.32 Å². The van der Waals surface area contributed by atoms with Crippen LogP contribution in [0.15, 0.2) is 72.8 Å². The second-order valence-electron chi connectivity index (χ2n) is 6.20. The smallest absolute Gasteiger partial charge is 0.258 e. The number of benzene rings is 3. The quantitative estimate of drug-likeness (QED) is 0.680. The van der Waals surface area contributed by atoms with E-state index < -0.39 is 0 Å². The number of carbonyl (C=O) groups excluding carboxylic acids is 2. The van der Waals surface area contributed by atoms with E-state index >= 15 is 0 Å². The summed E-state index contributed by atoms with van der Waals surface area (Å²) in [5.41, 5.74) is 3.17. The van der Waals surface area contributed by atoms with Crippen LogP contribution in [-0.2, 0) is 0 Å². The molecule has 0 aromatic heterocycles. The summed E-state index contributed by atoms with van der Waals surface area (Å²) in [5.74, 6) is -0.485. The first kappa shape index (κ1) is 18.7. The lowest BCUT2D eigenvalue weighted by atomic mass is 10.1. The van der Waals surface area contributed by atoms with Crippen LogP contribution in [0.1, 0.15) is 26.3 Å². The molecule has 0 bridgehead atoms. The lowest BCUT2D eigenvalue weighted by Crippen LogP contribution is -2.26.